The number of hydrogen-bond donors (Lipinski definition) is 2. The Morgan fingerprint density at radius 2 is 1.76 bits per heavy atom. The number of hydrogen-bond acceptors (Lipinski definition) is 4. The standard InChI is InChI=1S/C27H39ClN2O3/c1-20-11-8-12-21(19-20)24-22(13-9-14-23(24)28)27(32,16-10-17-29)15-6-7-18-30(5)25(31)33-26(2,3)4/h8-9,11-14,19,32H,6-7,10,15-18,29H2,1-5H3. The largest absolute Gasteiger partial charge is 0.444 e. The summed E-state index contributed by atoms with van der Waals surface area (Å²) in [5.74, 6) is 0. The van der Waals surface area contributed by atoms with Gasteiger partial charge in [-0.1, -0.05) is 53.6 Å². The third-order valence-electron chi connectivity index (χ3n) is 5.66. The summed E-state index contributed by atoms with van der Waals surface area (Å²) in [6, 6.07) is 13.9. The minimum absolute atomic E-state index is 0.336. The van der Waals surface area contributed by atoms with Crippen molar-refractivity contribution < 1.29 is 14.6 Å². The molecule has 1 amide bonds. The van der Waals surface area contributed by atoms with Crippen LogP contribution in [0.3, 0.4) is 0 Å². The predicted molar refractivity (Wildman–Crippen MR) is 137 cm³/mol. The van der Waals surface area contributed by atoms with Crippen LogP contribution in [0, 0.1) is 6.92 Å². The zero-order chi connectivity index (χ0) is 24.6. The van der Waals surface area contributed by atoms with E-state index in [4.69, 9.17) is 22.1 Å². The molecule has 0 saturated carbocycles. The summed E-state index contributed by atoms with van der Waals surface area (Å²) in [5.41, 5.74) is 8.04. The number of aliphatic hydroxyl groups is 1. The normalized spacial score (nSPS) is 13.5. The molecule has 0 heterocycles. The fourth-order valence-corrected chi connectivity index (χ4v) is 4.28. The molecule has 2 aromatic carbocycles. The van der Waals surface area contributed by atoms with E-state index in [1.165, 1.54) is 0 Å². The molecule has 1 atom stereocenters. The molecule has 1 unspecified atom stereocenters. The van der Waals surface area contributed by atoms with Gasteiger partial charge in [-0.2, -0.15) is 0 Å². The van der Waals surface area contributed by atoms with Crippen LogP contribution in [-0.4, -0.2) is 41.8 Å². The van der Waals surface area contributed by atoms with E-state index < -0.39 is 11.2 Å². The molecule has 0 saturated heterocycles. The molecule has 6 heteroatoms. The molecule has 0 aromatic heterocycles. The van der Waals surface area contributed by atoms with Crippen LogP contribution < -0.4 is 5.73 Å². The lowest BCUT2D eigenvalue weighted by molar-refractivity contribution is 0.0135. The first-order valence-electron chi connectivity index (χ1n) is 11.7. The fourth-order valence-electron chi connectivity index (χ4n) is 3.99. The van der Waals surface area contributed by atoms with E-state index in [-0.39, 0.29) is 6.09 Å². The number of unbranched alkanes of at least 4 members (excludes halogenated alkanes) is 1. The SMILES string of the molecule is Cc1cccc(-c2c(Cl)cccc2C(O)(CCCN)CCCCN(C)C(=O)OC(C)(C)C)c1. The molecule has 5 nitrogen and oxygen atoms in total. The maximum atomic E-state index is 12.2. The van der Waals surface area contributed by atoms with Crippen LogP contribution in [-0.2, 0) is 10.3 Å². The number of carbonyl (C=O) groups is 1. The van der Waals surface area contributed by atoms with Crippen molar-refractivity contribution in [2.45, 2.75) is 71.0 Å². The zero-order valence-corrected chi connectivity index (χ0v) is 21.4. The van der Waals surface area contributed by atoms with Gasteiger partial charge in [-0.05, 0) is 83.5 Å². The molecule has 0 aliphatic heterocycles. The average Bonchev–Trinajstić information content (AvgIpc) is 2.73. The van der Waals surface area contributed by atoms with Gasteiger partial charge in [-0.3, -0.25) is 0 Å². The Morgan fingerprint density at radius 1 is 1.09 bits per heavy atom. The molecular formula is C27H39ClN2O3. The Balaban J connectivity index is 2.20. The highest BCUT2D eigenvalue weighted by molar-refractivity contribution is 6.33. The Bertz CT molecular complexity index is 926. The van der Waals surface area contributed by atoms with Crippen LogP contribution in [0.15, 0.2) is 42.5 Å². The van der Waals surface area contributed by atoms with Gasteiger partial charge in [-0.25, -0.2) is 4.79 Å². The number of ether oxygens (including phenoxy) is 1. The number of carbonyl (C=O) groups excluding carboxylic acids is 1. The lowest BCUT2D eigenvalue weighted by Crippen LogP contribution is -2.35. The Morgan fingerprint density at radius 3 is 2.39 bits per heavy atom. The van der Waals surface area contributed by atoms with Crippen molar-refractivity contribution in [1.29, 1.82) is 0 Å². The van der Waals surface area contributed by atoms with Crippen molar-refractivity contribution in [3.63, 3.8) is 0 Å². The van der Waals surface area contributed by atoms with E-state index in [2.05, 4.69) is 6.07 Å². The summed E-state index contributed by atoms with van der Waals surface area (Å²) in [7, 11) is 1.74. The summed E-state index contributed by atoms with van der Waals surface area (Å²) < 4.78 is 5.42. The van der Waals surface area contributed by atoms with Gasteiger partial charge in [0.05, 0.1) is 5.60 Å². The van der Waals surface area contributed by atoms with E-state index in [1.54, 1.807) is 11.9 Å². The summed E-state index contributed by atoms with van der Waals surface area (Å²) in [4.78, 5) is 13.8. The molecule has 2 rings (SSSR count). The predicted octanol–water partition coefficient (Wildman–Crippen LogP) is 6.28. The molecule has 0 fully saturated rings. The highest BCUT2D eigenvalue weighted by Crippen LogP contribution is 2.41. The number of halogens is 1. The van der Waals surface area contributed by atoms with Crippen molar-refractivity contribution in [3.05, 3.63) is 58.6 Å². The number of nitrogens with zero attached hydrogens (tertiary/aromatic N) is 1. The van der Waals surface area contributed by atoms with Crippen molar-refractivity contribution in [3.8, 4) is 11.1 Å². The van der Waals surface area contributed by atoms with Crippen LogP contribution in [0.4, 0.5) is 4.79 Å². The second kappa shape index (κ2) is 11.9. The van der Waals surface area contributed by atoms with E-state index >= 15 is 0 Å². The number of benzene rings is 2. The highest BCUT2D eigenvalue weighted by atomic mass is 35.5. The first-order chi connectivity index (χ1) is 15.5. The molecule has 33 heavy (non-hydrogen) atoms. The van der Waals surface area contributed by atoms with Crippen LogP contribution >= 0.6 is 11.6 Å². The maximum Gasteiger partial charge on any atom is 0.410 e. The molecule has 0 radical (unpaired) electrons. The summed E-state index contributed by atoms with van der Waals surface area (Å²) in [6.45, 7) is 8.67. The van der Waals surface area contributed by atoms with Gasteiger partial charge < -0.3 is 20.5 Å². The molecule has 0 aliphatic carbocycles. The van der Waals surface area contributed by atoms with E-state index in [1.807, 2.05) is 64.1 Å². The highest BCUT2D eigenvalue weighted by Gasteiger charge is 2.32. The van der Waals surface area contributed by atoms with Gasteiger partial charge in [-0.15, -0.1) is 0 Å². The molecule has 182 valence electrons. The number of amides is 1. The number of nitrogens with two attached hydrogens (primary N) is 1. The van der Waals surface area contributed by atoms with Crippen LogP contribution in [0.5, 0.6) is 0 Å². The number of aryl methyl sites for hydroxylation is 1. The first kappa shape index (κ1) is 27.2. The minimum Gasteiger partial charge on any atom is -0.444 e. The van der Waals surface area contributed by atoms with Crippen molar-refractivity contribution in [2.24, 2.45) is 5.73 Å². The van der Waals surface area contributed by atoms with Gasteiger partial charge in [0.25, 0.3) is 0 Å². The maximum absolute atomic E-state index is 12.2. The second-order valence-electron chi connectivity index (χ2n) is 9.81. The van der Waals surface area contributed by atoms with Crippen molar-refractivity contribution in [1.82, 2.24) is 4.90 Å². The third-order valence-corrected chi connectivity index (χ3v) is 5.97. The minimum atomic E-state index is -1.06. The Labute approximate surface area is 203 Å². The molecule has 0 aliphatic rings. The monoisotopic (exact) mass is 474 g/mol. The van der Waals surface area contributed by atoms with E-state index in [9.17, 15) is 9.90 Å². The van der Waals surface area contributed by atoms with E-state index in [0.717, 1.165) is 35.1 Å². The zero-order valence-electron chi connectivity index (χ0n) is 20.7. The van der Waals surface area contributed by atoms with Gasteiger partial charge in [0.15, 0.2) is 0 Å². The molecule has 0 spiro atoms. The van der Waals surface area contributed by atoms with E-state index in [0.29, 0.717) is 37.4 Å². The number of rotatable bonds is 10. The molecule has 3 N–H and O–H groups in total. The van der Waals surface area contributed by atoms with Crippen LogP contribution in [0.2, 0.25) is 5.02 Å². The first-order valence-corrected chi connectivity index (χ1v) is 12.1. The van der Waals surface area contributed by atoms with Crippen LogP contribution in [0.25, 0.3) is 11.1 Å². The third kappa shape index (κ3) is 8.02. The molecular weight excluding hydrogens is 436 g/mol. The summed E-state index contributed by atoms with van der Waals surface area (Å²) >= 11 is 6.65. The Kier molecular flexibility index (Phi) is 9.77. The molecule has 0 bridgehead atoms. The second-order valence-corrected chi connectivity index (χ2v) is 10.2. The average molecular weight is 475 g/mol. The van der Waals surface area contributed by atoms with Crippen molar-refractivity contribution in [2.75, 3.05) is 20.1 Å². The summed E-state index contributed by atoms with van der Waals surface area (Å²) in [5, 5.41) is 12.5. The van der Waals surface area contributed by atoms with Crippen molar-refractivity contribution >= 4 is 17.7 Å². The van der Waals surface area contributed by atoms with Gasteiger partial charge in [0.1, 0.15) is 5.60 Å². The summed E-state index contributed by atoms with van der Waals surface area (Å²) in [6.07, 6.45) is 2.96. The quantitative estimate of drug-likeness (QED) is 0.397. The lowest BCUT2D eigenvalue weighted by Gasteiger charge is -2.32. The smallest absolute Gasteiger partial charge is 0.410 e. The van der Waals surface area contributed by atoms with Crippen LogP contribution in [0.1, 0.15) is 64.0 Å². The van der Waals surface area contributed by atoms with Gasteiger partial charge >= 0.3 is 6.09 Å². The topological polar surface area (TPSA) is 75.8 Å². The lowest BCUT2D eigenvalue weighted by atomic mass is 9.80. The molecule has 2 aromatic rings. The van der Waals surface area contributed by atoms with Gasteiger partial charge in [0, 0.05) is 24.2 Å². The Hall–Kier alpha value is -2.08. The van der Waals surface area contributed by atoms with Gasteiger partial charge in [0.2, 0.25) is 0 Å². The fraction of sp³-hybridized carbons (Fsp3) is 0.519.